The number of amides is 4. The van der Waals surface area contributed by atoms with Crippen molar-refractivity contribution in [2.24, 2.45) is 22.8 Å². The summed E-state index contributed by atoms with van der Waals surface area (Å²) in [6, 6.07) is 12.8. The largest absolute Gasteiger partial charge is 0.323 e. The van der Waals surface area contributed by atoms with Gasteiger partial charge in [0.2, 0.25) is 11.8 Å². The number of nitro groups is 2. The Bertz CT molecular complexity index is 1610. The van der Waals surface area contributed by atoms with Gasteiger partial charge in [-0.1, -0.05) is 89.6 Å². The molecule has 5 rings (SSSR count). The number of nitrogens with two attached hydrogens (primary N) is 1. The molecular weight excluding hydrogens is 644 g/mol. The van der Waals surface area contributed by atoms with Gasteiger partial charge >= 0.3 is 0 Å². The third-order valence-electron chi connectivity index (χ3n) is 9.32. The van der Waals surface area contributed by atoms with Gasteiger partial charge < -0.3 is 5.84 Å². The van der Waals surface area contributed by atoms with Crippen LogP contribution in [0.4, 0.5) is 11.4 Å². The fourth-order valence-corrected chi connectivity index (χ4v) is 6.45. The van der Waals surface area contributed by atoms with Crippen LogP contribution in [0.2, 0.25) is 0 Å². The molecule has 3 aliphatic rings. The average Bonchev–Trinajstić information content (AvgIpc) is 3.51. The van der Waals surface area contributed by atoms with Gasteiger partial charge in [-0.2, -0.15) is 5.10 Å². The number of carbonyl (C=O) groups excluding carboxylic acids is 4. The number of nitro benzene ring substituents is 2. The Morgan fingerprint density at radius 3 is 1.68 bits per heavy atom. The topological polar surface area (TPSA) is 199 Å². The highest BCUT2D eigenvalue weighted by molar-refractivity contribution is 6.13. The molecule has 2 N–H and O–H groups in total. The molecule has 2 aliphatic heterocycles. The highest BCUT2D eigenvalue weighted by Gasteiger charge is 2.76. The molecule has 1 saturated carbocycles. The van der Waals surface area contributed by atoms with E-state index in [1.165, 1.54) is 46.9 Å². The number of hydrogen-bond acceptors (Lipinski definition) is 10. The SMILES string of the molecule is C/C(=N\N)c1ccccc1[N+](=O)[O-].CCCCCCN1C(=O)C=CC1=O.CCCCCCN1C(=O)[C@@H]2[C@H](C1=O)C2(C)c1ccccc1[N+](=O)[O-]. The summed E-state index contributed by atoms with van der Waals surface area (Å²) in [4.78, 5) is 71.0. The minimum absolute atomic E-state index is 0.00973. The van der Waals surface area contributed by atoms with Crippen LogP contribution in [0, 0.1) is 32.1 Å². The Labute approximate surface area is 291 Å². The molecule has 0 radical (unpaired) electrons. The average molecular weight is 691 g/mol. The second kappa shape index (κ2) is 17.9. The third kappa shape index (κ3) is 8.84. The van der Waals surface area contributed by atoms with Gasteiger partial charge in [-0.15, -0.1) is 0 Å². The molecule has 4 amide bonds. The zero-order valence-electron chi connectivity index (χ0n) is 29.1. The number of rotatable bonds is 14. The Hall–Kier alpha value is -5.27. The molecule has 50 heavy (non-hydrogen) atoms. The summed E-state index contributed by atoms with van der Waals surface area (Å²) in [6.07, 6.45) is 11.0. The number of hydrogen-bond donors (Lipinski definition) is 1. The summed E-state index contributed by atoms with van der Waals surface area (Å²) in [5, 5.41) is 25.2. The molecule has 2 aromatic rings. The van der Waals surface area contributed by atoms with Crippen molar-refractivity contribution in [1.29, 1.82) is 0 Å². The van der Waals surface area contributed by atoms with E-state index >= 15 is 0 Å². The quantitative estimate of drug-likeness (QED) is 0.0634. The first-order valence-corrected chi connectivity index (χ1v) is 17.0. The van der Waals surface area contributed by atoms with Crippen LogP contribution in [-0.2, 0) is 24.6 Å². The molecule has 14 heteroatoms. The van der Waals surface area contributed by atoms with Crippen LogP contribution in [0.15, 0.2) is 65.8 Å². The van der Waals surface area contributed by atoms with E-state index in [0.29, 0.717) is 29.9 Å². The zero-order chi connectivity index (χ0) is 37.0. The van der Waals surface area contributed by atoms with E-state index in [2.05, 4.69) is 18.9 Å². The van der Waals surface area contributed by atoms with Crippen molar-refractivity contribution in [3.8, 4) is 0 Å². The van der Waals surface area contributed by atoms with Gasteiger partial charge in [0.25, 0.3) is 23.2 Å². The molecular formula is C36H46N6O8. The normalized spacial score (nSPS) is 20.6. The van der Waals surface area contributed by atoms with Crippen LogP contribution < -0.4 is 5.84 Å². The minimum Gasteiger partial charge on any atom is -0.323 e. The number of nitrogens with zero attached hydrogens (tertiary/aromatic N) is 5. The van der Waals surface area contributed by atoms with Gasteiger partial charge in [-0.3, -0.25) is 49.2 Å². The fourth-order valence-electron chi connectivity index (χ4n) is 6.45. The second-order valence-corrected chi connectivity index (χ2v) is 12.6. The molecule has 0 aromatic heterocycles. The Morgan fingerprint density at radius 1 is 0.740 bits per heavy atom. The van der Waals surface area contributed by atoms with Crippen molar-refractivity contribution in [1.82, 2.24) is 9.80 Å². The van der Waals surface area contributed by atoms with Crippen molar-refractivity contribution < 1.29 is 29.0 Å². The molecule has 1 unspecified atom stereocenters. The summed E-state index contributed by atoms with van der Waals surface area (Å²) in [5.74, 6) is 3.48. The second-order valence-electron chi connectivity index (χ2n) is 12.6. The van der Waals surface area contributed by atoms with Crippen LogP contribution in [-0.4, -0.2) is 62.1 Å². The maximum Gasteiger partial charge on any atom is 0.278 e. The van der Waals surface area contributed by atoms with Crippen molar-refractivity contribution in [2.45, 2.75) is 84.5 Å². The van der Waals surface area contributed by atoms with E-state index < -0.39 is 27.1 Å². The number of para-hydroxylation sites is 2. The summed E-state index contributed by atoms with van der Waals surface area (Å²) in [5.41, 5.74) is 0.677. The van der Waals surface area contributed by atoms with Gasteiger partial charge in [0.15, 0.2) is 0 Å². The van der Waals surface area contributed by atoms with Crippen molar-refractivity contribution in [2.75, 3.05) is 13.1 Å². The Morgan fingerprint density at radius 2 is 1.20 bits per heavy atom. The number of unbranched alkanes of at least 4 members (excludes halogenated alkanes) is 6. The molecule has 268 valence electrons. The van der Waals surface area contributed by atoms with Crippen LogP contribution >= 0.6 is 0 Å². The number of imide groups is 2. The summed E-state index contributed by atoms with van der Waals surface area (Å²) in [7, 11) is 0. The first-order valence-electron chi connectivity index (χ1n) is 17.0. The monoisotopic (exact) mass is 690 g/mol. The smallest absolute Gasteiger partial charge is 0.278 e. The molecule has 0 spiro atoms. The standard InChI is InChI=1S/C18H22N2O4.C10H15NO2.C8H9N3O2/c1-3-4-5-8-11-19-16(21)14-15(17(19)22)18(14,2)12-9-6-7-10-13(12)20(23)24;1-2-3-4-5-8-11-9(12)6-7-10(11)13;1-6(10-9)7-4-2-3-5-8(7)11(12)13/h6-7,9-10,14-15H,3-5,8,11H2,1-2H3;6-7H,2-5,8H2,1H3;2-5H,9H2,1H3/b;;10-6+/t14-,15+,18?;;. The molecule has 14 nitrogen and oxygen atoms in total. The summed E-state index contributed by atoms with van der Waals surface area (Å²) >= 11 is 0. The number of hydrazone groups is 1. The van der Waals surface area contributed by atoms with Crippen molar-refractivity contribution >= 4 is 40.7 Å². The maximum atomic E-state index is 12.6. The van der Waals surface area contributed by atoms with Crippen LogP contribution in [0.5, 0.6) is 0 Å². The van der Waals surface area contributed by atoms with Gasteiger partial charge in [-0.25, -0.2) is 0 Å². The highest BCUT2D eigenvalue weighted by Crippen LogP contribution is 2.65. The molecule has 2 aromatic carbocycles. The number of carbonyl (C=O) groups is 4. The minimum atomic E-state index is -0.738. The lowest BCUT2D eigenvalue weighted by Gasteiger charge is -2.23. The molecule has 2 fully saturated rings. The van der Waals surface area contributed by atoms with E-state index in [0.717, 1.165) is 38.5 Å². The first kappa shape index (κ1) is 39.2. The lowest BCUT2D eigenvalue weighted by molar-refractivity contribution is -0.385. The number of piperidine rings is 1. The van der Waals surface area contributed by atoms with E-state index in [4.69, 9.17) is 5.84 Å². The van der Waals surface area contributed by atoms with Crippen molar-refractivity contribution in [3.63, 3.8) is 0 Å². The molecule has 1 aliphatic carbocycles. The van der Waals surface area contributed by atoms with Crippen LogP contribution in [0.3, 0.4) is 0 Å². The summed E-state index contributed by atoms with van der Waals surface area (Å²) in [6.45, 7) is 8.72. The van der Waals surface area contributed by atoms with Crippen LogP contribution in [0.1, 0.15) is 90.2 Å². The molecule has 2 heterocycles. The molecule has 0 bridgehead atoms. The van der Waals surface area contributed by atoms with Crippen molar-refractivity contribution in [3.05, 3.63) is 92.0 Å². The zero-order valence-corrected chi connectivity index (χ0v) is 29.1. The van der Waals surface area contributed by atoms with Gasteiger partial charge in [0.05, 0.1) is 33.0 Å². The van der Waals surface area contributed by atoms with Gasteiger partial charge in [0, 0.05) is 48.4 Å². The molecule has 1 saturated heterocycles. The van der Waals surface area contributed by atoms with Gasteiger partial charge in [-0.05, 0) is 25.8 Å². The lowest BCUT2D eigenvalue weighted by Crippen LogP contribution is -2.38. The number of benzene rings is 2. The van der Waals surface area contributed by atoms with E-state index in [1.54, 1.807) is 50.2 Å². The van der Waals surface area contributed by atoms with Gasteiger partial charge in [0.1, 0.15) is 0 Å². The predicted octanol–water partition coefficient (Wildman–Crippen LogP) is 5.82. The Kier molecular flexibility index (Phi) is 14.0. The summed E-state index contributed by atoms with van der Waals surface area (Å²) < 4.78 is 0. The lowest BCUT2D eigenvalue weighted by atomic mass is 9.90. The fraction of sp³-hybridized carbons (Fsp3) is 0.472. The maximum absolute atomic E-state index is 12.6. The predicted molar refractivity (Wildman–Crippen MR) is 188 cm³/mol. The van der Waals surface area contributed by atoms with E-state index in [-0.39, 0.29) is 35.0 Å². The third-order valence-corrected chi connectivity index (χ3v) is 9.32. The molecule has 3 atom stereocenters. The highest BCUT2D eigenvalue weighted by atomic mass is 16.6. The van der Waals surface area contributed by atoms with E-state index in [9.17, 15) is 39.4 Å². The first-order chi connectivity index (χ1) is 23.9. The number of likely N-dealkylation sites (tertiary alicyclic amines) is 1. The number of fused-ring (bicyclic) bond motifs is 1. The van der Waals surface area contributed by atoms with Crippen LogP contribution in [0.25, 0.3) is 0 Å². The van der Waals surface area contributed by atoms with E-state index in [1.807, 2.05) is 0 Å². The Balaban J connectivity index is 0.000000221.